The van der Waals surface area contributed by atoms with Crippen LogP contribution < -0.4 is 5.32 Å². The van der Waals surface area contributed by atoms with Crippen LogP contribution in [0.3, 0.4) is 0 Å². The molecule has 0 fully saturated rings. The van der Waals surface area contributed by atoms with E-state index < -0.39 is 0 Å². The third-order valence-electron chi connectivity index (χ3n) is 4.39. The number of phenols is 1. The normalized spacial score (nSPS) is 11.8. The van der Waals surface area contributed by atoms with Crippen LogP contribution in [0.15, 0.2) is 77.3 Å². The van der Waals surface area contributed by atoms with Crippen LogP contribution in [0.25, 0.3) is 0 Å². The molecule has 0 unspecified atom stereocenters. The number of hydrogen-bond donors (Lipinski definition) is 2. The quantitative estimate of drug-likeness (QED) is 0.516. The second kappa shape index (κ2) is 9.07. The van der Waals surface area contributed by atoms with E-state index in [0.29, 0.717) is 17.1 Å². The van der Waals surface area contributed by atoms with E-state index in [9.17, 15) is 9.90 Å². The maximum absolute atomic E-state index is 12.6. The Morgan fingerprint density at radius 1 is 1.04 bits per heavy atom. The van der Waals surface area contributed by atoms with Crippen LogP contribution in [0.2, 0.25) is 5.02 Å². The highest BCUT2D eigenvalue weighted by Crippen LogP contribution is 2.35. The number of hydrogen-bond acceptors (Lipinski definition) is 2. The number of aromatic hydroxyl groups is 1. The van der Waals surface area contributed by atoms with Gasteiger partial charge >= 0.3 is 0 Å². The van der Waals surface area contributed by atoms with Crippen molar-refractivity contribution in [3.05, 3.63) is 99.0 Å². The van der Waals surface area contributed by atoms with Crippen LogP contribution in [-0.4, -0.2) is 11.0 Å². The zero-order chi connectivity index (χ0) is 19.2. The van der Waals surface area contributed by atoms with Gasteiger partial charge in [-0.25, -0.2) is 0 Å². The smallest absolute Gasteiger partial charge is 0.221 e. The van der Waals surface area contributed by atoms with Gasteiger partial charge in [-0.2, -0.15) is 0 Å². The fourth-order valence-electron chi connectivity index (χ4n) is 2.99. The van der Waals surface area contributed by atoms with Crippen molar-refractivity contribution in [3.8, 4) is 5.75 Å². The Hall–Kier alpha value is -2.30. The van der Waals surface area contributed by atoms with Crippen molar-refractivity contribution in [1.82, 2.24) is 5.32 Å². The van der Waals surface area contributed by atoms with Gasteiger partial charge in [-0.15, -0.1) is 0 Å². The molecule has 0 saturated carbocycles. The Kier molecular flexibility index (Phi) is 6.54. The van der Waals surface area contributed by atoms with Crippen LogP contribution in [0.1, 0.15) is 29.0 Å². The van der Waals surface area contributed by atoms with Gasteiger partial charge < -0.3 is 10.4 Å². The number of halogens is 2. The lowest BCUT2D eigenvalue weighted by Gasteiger charge is -2.19. The monoisotopic (exact) mass is 443 g/mol. The first-order valence-electron chi connectivity index (χ1n) is 8.58. The molecule has 0 spiro atoms. The lowest BCUT2D eigenvalue weighted by atomic mass is 9.87. The lowest BCUT2D eigenvalue weighted by molar-refractivity contribution is -0.121. The largest absolute Gasteiger partial charge is 0.508 e. The average Bonchev–Trinajstić information content (AvgIpc) is 2.68. The molecule has 2 N–H and O–H groups in total. The van der Waals surface area contributed by atoms with Gasteiger partial charge in [-0.1, -0.05) is 76.1 Å². The third-order valence-corrected chi connectivity index (χ3v) is 5.25. The van der Waals surface area contributed by atoms with E-state index in [2.05, 4.69) is 21.2 Å². The minimum atomic E-state index is -0.255. The van der Waals surface area contributed by atoms with Gasteiger partial charge in [0.1, 0.15) is 5.75 Å². The summed E-state index contributed by atoms with van der Waals surface area (Å²) < 4.78 is 0.854. The topological polar surface area (TPSA) is 49.3 Å². The van der Waals surface area contributed by atoms with Gasteiger partial charge in [-0.05, 0) is 35.4 Å². The molecule has 0 radical (unpaired) electrons. The van der Waals surface area contributed by atoms with Gasteiger partial charge in [0.15, 0.2) is 0 Å². The van der Waals surface area contributed by atoms with Gasteiger partial charge in [0.25, 0.3) is 0 Å². The van der Waals surface area contributed by atoms with Crippen molar-refractivity contribution in [3.63, 3.8) is 0 Å². The molecule has 0 aliphatic heterocycles. The molecule has 1 atom stereocenters. The van der Waals surface area contributed by atoms with Crippen LogP contribution >= 0.6 is 27.5 Å². The third kappa shape index (κ3) is 5.12. The second-order valence-electron chi connectivity index (χ2n) is 6.24. The first-order chi connectivity index (χ1) is 13.0. The summed E-state index contributed by atoms with van der Waals surface area (Å²) in [7, 11) is 0. The zero-order valence-corrected chi connectivity index (χ0v) is 16.9. The molecule has 138 valence electrons. The number of benzene rings is 3. The maximum Gasteiger partial charge on any atom is 0.221 e. The molecule has 1 amide bonds. The molecule has 27 heavy (non-hydrogen) atoms. The average molecular weight is 445 g/mol. The van der Waals surface area contributed by atoms with Crippen molar-refractivity contribution in [2.45, 2.75) is 18.9 Å². The second-order valence-corrected chi connectivity index (χ2v) is 7.56. The SMILES string of the molecule is O=C(C[C@H](c1ccccc1)c1cc(Br)ccc1O)NCc1ccccc1Cl. The van der Waals surface area contributed by atoms with E-state index in [1.54, 1.807) is 18.2 Å². The number of carbonyl (C=O) groups excluding carboxylic acids is 1. The molecule has 0 heterocycles. The molecule has 0 aliphatic rings. The molecular formula is C22H19BrClNO2. The van der Waals surface area contributed by atoms with Crippen molar-refractivity contribution in [1.29, 1.82) is 0 Å². The van der Waals surface area contributed by atoms with Crippen LogP contribution in [-0.2, 0) is 11.3 Å². The summed E-state index contributed by atoms with van der Waals surface area (Å²) in [5.74, 6) is -0.191. The summed E-state index contributed by atoms with van der Waals surface area (Å²) in [6, 6.07) is 22.4. The number of phenolic OH excluding ortho intramolecular Hbond substituents is 1. The predicted molar refractivity (Wildman–Crippen MR) is 112 cm³/mol. The summed E-state index contributed by atoms with van der Waals surface area (Å²) in [6.07, 6.45) is 0.221. The number of nitrogens with one attached hydrogen (secondary N) is 1. The Balaban J connectivity index is 1.80. The standard InChI is InChI=1S/C22H19BrClNO2/c23-17-10-11-21(26)19(12-17)18(15-6-2-1-3-7-15)13-22(27)25-14-16-8-4-5-9-20(16)24/h1-12,18,26H,13-14H2,(H,25,27)/t18-/m1/s1. The lowest BCUT2D eigenvalue weighted by Crippen LogP contribution is -2.25. The van der Waals surface area contributed by atoms with Crippen LogP contribution in [0.5, 0.6) is 5.75 Å². The van der Waals surface area contributed by atoms with E-state index in [-0.39, 0.29) is 24.0 Å². The van der Waals surface area contributed by atoms with Crippen molar-refractivity contribution >= 4 is 33.4 Å². The van der Waals surface area contributed by atoms with Gasteiger partial charge in [0.05, 0.1) is 0 Å². The number of rotatable bonds is 6. The Labute approximate surface area is 172 Å². The summed E-state index contributed by atoms with van der Waals surface area (Å²) in [5, 5.41) is 13.9. The van der Waals surface area contributed by atoms with Crippen LogP contribution in [0, 0.1) is 0 Å². The molecule has 0 aliphatic carbocycles. The summed E-state index contributed by atoms with van der Waals surface area (Å²) in [6.45, 7) is 0.366. The first-order valence-corrected chi connectivity index (χ1v) is 9.75. The fraction of sp³-hybridized carbons (Fsp3) is 0.136. The van der Waals surface area contributed by atoms with E-state index in [1.807, 2.05) is 54.6 Å². The molecule has 3 nitrogen and oxygen atoms in total. The molecule has 0 bridgehead atoms. The number of carbonyl (C=O) groups is 1. The minimum absolute atomic E-state index is 0.108. The van der Waals surface area contributed by atoms with Gasteiger partial charge in [0, 0.05) is 33.9 Å². The van der Waals surface area contributed by atoms with Gasteiger partial charge in [-0.3, -0.25) is 4.79 Å². The predicted octanol–water partition coefficient (Wildman–Crippen LogP) is 5.65. The highest BCUT2D eigenvalue weighted by molar-refractivity contribution is 9.10. The molecule has 0 saturated heterocycles. The summed E-state index contributed by atoms with van der Waals surface area (Å²) >= 11 is 9.60. The number of amides is 1. The molecule has 3 aromatic carbocycles. The van der Waals surface area contributed by atoms with E-state index >= 15 is 0 Å². The Bertz CT molecular complexity index is 931. The summed E-state index contributed by atoms with van der Waals surface area (Å²) in [4.78, 5) is 12.6. The van der Waals surface area contributed by atoms with Crippen molar-refractivity contribution in [2.75, 3.05) is 0 Å². The molecule has 5 heteroatoms. The van der Waals surface area contributed by atoms with Crippen molar-refractivity contribution in [2.24, 2.45) is 0 Å². The minimum Gasteiger partial charge on any atom is -0.508 e. The van der Waals surface area contributed by atoms with Crippen LogP contribution in [0.4, 0.5) is 0 Å². The summed E-state index contributed by atoms with van der Waals surface area (Å²) in [5.41, 5.74) is 2.55. The zero-order valence-electron chi connectivity index (χ0n) is 14.5. The van der Waals surface area contributed by atoms with E-state index in [4.69, 9.17) is 11.6 Å². The van der Waals surface area contributed by atoms with E-state index in [0.717, 1.165) is 15.6 Å². The van der Waals surface area contributed by atoms with E-state index in [1.165, 1.54) is 0 Å². The Morgan fingerprint density at radius 2 is 1.74 bits per heavy atom. The Morgan fingerprint density at radius 3 is 2.48 bits per heavy atom. The maximum atomic E-state index is 12.6. The highest BCUT2D eigenvalue weighted by atomic mass is 79.9. The molecule has 3 rings (SSSR count). The van der Waals surface area contributed by atoms with Gasteiger partial charge in [0.2, 0.25) is 5.91 Å². The van der Waals surface area contributed by atoms with Crippen molar-refractivity contribution < 1.29 is 9.90 Å². The fourth-order valence-corrected chi connectivity index (χ4v) is 3.57. The highest BCUT2D eigenvalue weighted by Gasteiger charge is 2.21. The molecule has 3 aromatic rings. The molecule has 0 aromatic heterocycles. The molecular weight excluding hydrogens is 426 g/mol. The first kappa shape index (κ1) is 19.5.